The van der Waals surface area contributed by atoms with E-state index in [-0.39, 0.29) is 30.8 Å². The zero-order chi connectivity index (χ0) is 27.7. The maximum absolute atomic E-state index is 11.0. The Morgan fingerprint density at radius 2 is 1.31 bits per heavy atom. The van der Waals surface area contributed by atoms with E-state index in [1.807, 2.05) is 43.3 Å². The lowest BCUT2D eigenvalue weighted by molar-refractivity contribution is 0.0285. The number of aliphatic hydroxyl groups is 1. The summed E-state index contributed by atoms with van der Waals surface area (Å²) in [4.78, 5) is 0. The Balaban J connectivity index is 1.32. The molecule has 1 N–H and O–H groups in total. The van der Waals surface area contributed by atoms with Gasteiger partial charge in [-0.3, -0.25) is 0 Å². The molecule has 8 nitrogen and oxygen atoms in total. The minimum absolute atomic E-state index is 0.0712. The molecule has 0 aliphatic carbocycles. The van der Waals surface area contributed by atoms with Crippen LogP contribution in [0.15, 0.2) is 54.6 Å². The lowest BCUT2D eigenvalue weighted by Crippen LogP contribution is -2.22. The summed E-state index contributed by atoms with van der Waals surface area (Å²) in [5.74, 6) is 4.33. The summed E-state index contributed by atoms with van der Waals surface area (Å²) in [7, 11) is 4.75. The molecule has 3 aromatic carbocycles. The van der Waals surface area contributed by atoms with Crippen LogP contribution in [0.1, 0.15) is 55.8 Å². The van der Waals surface area contributed by atoms with Crippen LogP contribution in [0, 0.1) is 11.8 Å². The highest BCUT2D eigenvalue weighted by atomic mass is 16.7. The van der Waals surface area contributed by atoms with Gasteiger partial charge in [0.1, 0.15) is 12.2 Å². The van der Waals surface area contributed by atoms with Gasteiger partial charge < -0.3 is 38.3 Å². The highest BCUT2D eigenvalue weighted by Gasteiger charge is 2.41. The van der Waals surface area contributed by atoms with Gasteiger partial charge in [-0.1, -0.05) is 32.0 Å². The van der Waals surface area contributed by atoms with Crippen molar-refractivity contribution in [3.63, 3.8) is 0 Å². The van der Waals surface area contributed by atoms with Crippen molar-refractivity contribution in [2.24, 2.45) is 11.8 Å². The second kappa shape index (κ2) is 11.2. The fraction of sp³-hybridized carbons (Fsp3) is 0.419. The van der Waals surface area contributed by atoms with Gasteiger partial charge in [-0.05, 0) is 71.8 Å². The van der Waals surface area contributed by atoms with Gasteiger partial charge in [-0.2, -0.15) is 0 Å². The summed E-state index contributed by atoms with van der Waals surface area (Å²) < 4.78 is 40.2. The van der Waals surface area contributed by atoms with Crippen LogP contribution >= 0.6 is 0 Å². The van der Waals surface area contributed by atoms with E-state index in [1.165, 1.54) is 0 Å². The maximum Gasteiger partial charge on any atom is 0.231 e. The summed E-state index contributed by atoms with van der Waals surface area (Å²) in [5, 5.41) is 11.0. The van der Waals surface area contributed by atoms with Crippen molar-refractivity contribution < 1.29 is 38.3 Å². The van der Waals surface area contributed by atoms with E-state index >= 15 is 0 Å². The van der Waals surface area contributed by atoms with Gasteiger partial charge in [-0.15, -0.1) is 0 Å². The zero-order valence-corrected chi connectivity index (χ0v) is 23.2. The molecule has 0 bridgehead atoms. The van der Waals surface area contributed by atoms with Crippen LogP contribution in [-0.4, -0.2) is 39.3 Å². The average Bonchev–Trinajstić information content (AvgIpc) is 3.56. The third kappa shape index (κ3) is 5.18. The number of fused-ring (bicyclic) bond motifs is 1. The molecule has 2 aliphatic rings. The standard InChI is InChI=1S/C31H36O8/c1-17-18(2)31(22-8-11-24-28(15-22)37-16-36-24)39-30(17)21-9-12-25(27(14-21)35-6)38-19(3)29(32)20-7-10-23(33-4)26(13-20)34-5/h7-15,17-19,29-32H,16H2,1-6H3/t17-,18+,19+,29+,30-,31-/m0/s1. The van der Waals surface area contributed by atoms with Crippen LogP contribution in [0.25, 0.3) is 0 Å². The number of hydrogen-bond acceptors (Lipinski definition) is 8. The van der Waals surface area contributed by atoms with Gasteiger partial charge >= 0.3 is 0 Å². The van der Waals surface area contributed by atoms with Crippen LogP contribution in [0.2, 0.25) is 0 Å². The number of aliphatic hydroxyl groups excluding tert-OH is 1. The van der Waals surface area contributed by atoms with Gasteiger partial charge in [-0.25, -0.2) is 0 Å². The SMILES string of the molecule is COc1ccc([C@H](O)[C@@H](C)Oc2ccc([C@H]3O[C@H](c4ccc5c(c4)OCO5)[C@H](C)[C@@H]3C)cc2OC)cc1OC. The van der Waals surface area contributed by atoms with E-state index in [0.29, 0.717) is 28.6 Å². The van der Waals surface area contributed by atoms with Crippen molar-refractivity contribution in [3.8, 4) is 34.5 Å². The van der Waals surface area contributed by atoms with Crippen LogP contribution in [0.3, 0.4) is 0 Å². The summed E-state index contributed by atoms with van der Waals surface area (Å²) in [6.07, 6.45) is -1.64. The van der Waals surface area contributed by atoms with Gasteiger partial charge in [0.25, 0.3) is 0 Å². The van der Waals surface area contributed by atoms with E-state index in [2.05, 4.69) is 13.8 Å². The topological polar surface area (TPSA) is 84.8 Å². The summed E-state index contributed by atoms with van der Waals surface area (Å²) >= 11 is 0. The van der Waals surface area contributed by atoms with E-state index in [9.17, 15) is 5.11 Å². The van der Waals surface area contributed by atoms with Crippen LogP contribution in [0.4, 0.5) is 0 Å². The number of rotatable bonds is 9. The molecular formula is C31H36O8. The minimum Gasteiger partial charge on any atom is -0.493 e. The first-order valence-corrected chi connectivity index (χ1v) is 13.1. The first-order chi connectivity index (χ1) is 18.8. The molecule has 0 radical (unpaired) electrons. The lowest BCUT2D eigenvalue weighted by Gasteiger charge is -2.24. The third-order valence-corrected chi connectivity index (χ3v) is 7.83. The smallest absolute Gasteiger partial charge is 0.231 e. The number of hydrogen-bond donors (Lipinski definition) is 1. The fourth-order valence-electron chi connectivity index (χ4n) is 5.34. The van der Waals surface area contributed by atoms with Crippen LogP contribution in [-0.2, 0) is 4.74 Å². The quantitative estimate of drug-likeness (QED) is 0.355. The molecule has 5 rings (SSSR count). The van der Waals surface area contributed by atoms with Gasteiger partial charge in [0.2, 0.25) is 6.79 Å². The Labute approximate surface area is 229 Å². The Morgan fingerprint density at radius 3 is 2.00 bits per heavy atom. The van der Waals surface area contributed by atoms with E-state index in [0.717, 1.165) is 22.6 Å². The molecule has 208 valence electrons. The second-order valence-corrected chi connectivity index (χ2v) is 10.1. The highest BCUT2D eigenvalue weighted by Crippen LogP contribution is 2.51. The minimum atomic E-state index is -0.893. The zero-order valence-electron chi connectivity index (χ0n) is 23.2. The fourth-order valence-corrected chi connectivity index (χ4v) is 5.34. The van der Waals surface area contributed by atoms with Crippen molar-refractivity contribution in [2.45, 2.75) is 45.2 Å². The van der Waals surface area contributed by atoms with Gasteiger partial charge in [0.05, 0.1) is 33.5 Å². The van der Waals surface area contributed by atoms with Crippen molar-refractivity contribution in [2.75, 3.05) is 28.1 Å². The molecule has 0 aromatic heterocycles. The van der Waals surface area contributed by atoms with Crippen molar-refractivity contribution >= 4 is 0 Å². The Kier molecular flexibility index (Phi) is 7.77. The molecule has 2 aliphatic heterocycles. The summed E-state index contributed by atoms with van der Waals surface area (Å²) in [5.41, 5.74) is 2.74. The maximum atomic E-state index is 11.0. The molecule has 0 unspecified atom stereocenters. The predicted molar refractivity (Wildman–Crippen MR) is 145 cm³/mol. The Morgan fingerprint density at radius 1 is 0.718 bits per heavy atom. The first-order valence-electron chi connectivity index (χ1n) is 13.1. The summed E-state index contributed by atoms with van der Waals surface area (Å²) in [6.45, 7) is 6.48. The summed E-state index contributed by atoms with van der Waals surface area (Å²) in [6, 6.07) is 17.2. The largest absolute Gasteiger partial charge is 0.493 e. The molecule has 0 amide bonds. The van der Waals surface area contributed by atoms with E-state index < -0.39 is 12.2 Å². The molecule has 8 heteroatoms. The van der Waals surface area contributed by atoms with E-state index in [4.69, 9.17) is 33.2 Å². The third-order valence-electron chi connectivity index (χ3n) is 7.83. The average molecular weight is 537 g/mol. The van der Waals surface area contributed by atoms with E-state index in [1.54, 1.807) is 39.5 Å². The molecule has 0 spiro atoms. The van der Waals surface area contributed by atoms with Crippen LogP contribution in [0.5, 0.6) is 34.5 Å². The molecule has 2 heterocycles. The molecule has 1 saturated heterocycles. The molecule has 1 fully saturated rings. The van der Waals surface area contributed by atoms with Gasteiger partial charge in [0, 0.05) is 0 Å². The van der Waals surface area contributed by atoms with Crippen molar-refractivity contribution in [1.82, 2.24) is 0 Å². The Hall–Kier alpha value is -3.62. The predicted octanol–water partition coefficient (Wildman–Crippen LogP) is 6.03. The lowest BCUT2D eigenvalue weighted by atomic mass is 9.85. The van der Waals surface area contributed by atoms with Crippen molar-refractivity contribution in [3.05, 3.63) is 71.3 Å². The monoisotopic (exact) mass is 536 g/mol. The number of methoxy groups -OCH3 is 3. The van der Waals surface area contributed by atoms with Crippen molar-refractivity contribution in [1.29, 1.82) is 0 Å². The van der Waals surface area contributed by atoms with Crippen LogP contribution < -0.4 is 28.4 Å². The highest BCUT2D eigenvalue weighted by molar-refractivity contribution is 5.47. The number of ether oxygens (including phenoxy) is 7. The second-order valence-electron chi connectivity index (χ2n) is 10.1. The molecule has 3 aromatic rings. The molecule has 39 heavy (non-hydrogen) atoms. The van der Waals surface area contributed by atoms with Gasteiger partial charge in [0.15, 0.2) is 34.5 Å². The first kappa shape index (κ1) is 27.0. The molecule has 6 atom stereocenters. The number of benzene rings is 3. The molecular weight excluding hydrogens is 500 g/mol. The Bertz CT molecular complexity index is 1310. The normalized spacial score (nSPS) is 23.3. The molecule has 0 saturated carbocycles.